The summed E-state index contributed by atoms with van der Waals surface area (Å²) >= 11 is 6.04. The van der Waals surface area contributed by atoms with E-state index in [1.54, 1.807) is 43.3 Å². The molecular formula is C25H19ClN2O3. The third-order valence-electron chi connectivity index (χ3n) is 4.78. The number of ether oxygens (including phenoxy) is 1. The molecule has 0 unspecified atom stereocenters. The van der Waals surface area contributed by atoms with E-state index in [4.69, 9.17) is 16.3 Å². The Morgan fingerprint density at radius 2 is 1.77 bits per heavy atom. The van der Waals surface area contributed by atoms with Crippen molar-refractivity contribution in [3.8, 4) is 5.75 Å². The van der Waals surface area contributed by atoms with Crippen LogP contribution in [0, 0.1) is 0 Å². The van der Waals surface area contributed by atoms with Crippen LogP contribution in [0.15, 0.2) is 89.5 Å². The summed E-state index contributed by atoms with van der Waals surface area (Å²) < 4.78 is 5.97. The standard InChI is InChI=1S/C25H19ClN2O3/c1-17-22(25(30)28(27-17)24(29)19-9-3-2-4-10-19)15-20-11-5-6-13-23(20)31-16-18-8-7-12-21(26)14-18/h2-15H,16H2,1H3/b22-15+. The predicted octanol–water partition coefficient (Wildman–Crippen LogP) is 5.36. The van der Waals surface area contributed by atoms with Gasteiger partial charge >= 0.3 is 0 Å². The van der Waals surface area contributed by atoms with Crippen molar-refractivity contribution in [2.45, 2.75) is 13.5 Å². The normalized spacial score (nSPS) is 14.6. The second kappa shape index (κ2) is 8.98. The summed E-state index contributed by atoms with van der Waals surface area (Å²) in [5, 5.41) is 5.73. The first kappa shape index (κ1) is 20.6. The molecule has 154 valence electrons. The molecule has 0 aromatic heterocycles. The number of carbonyl (C=O) groups is 2. The van der Waals surface area contributed by atoms with E-state index >= 15 is 0 Å². The van der Waals surface area contributed by atoms with Crippen molar-refractivity contribution in [2.24, 2.45) is 5.10 Å². The first-order valence-corrected chi connectivity index (χ1v) is 10.1. The summed E-state index contributed by atoms with van der Waals surface area (Å²) in [5.74, 6) is -0.307. The van der Waals surface area contributed by atoms with Gasteiger partial charge in [0.25, 0.3) is 11.8 Å². The Kier molecular flexibility index (Phi) is 5.96. The summed E-state index contributed by atoms with van der Waals surface area (Å²) in [7, 11) is 0. The number of imide groups is 1. The van der Waals surface area contributed by atoms with Crippen LogP contribution in [-0.2, 0) is 11.4 Å². The summed E-state index contributed by atoms with van der Waals surface area (Å²) in [6.45, 7) is 2.04. The highest BCUT2D eigenvalue weighted by Gasteiger charge is 2.33. The number of halogens is 1. The number of benzene rings is 3. The van der Waals surface area contributed by atoms with Crippen LogP contribution >= 0.6 is 11.6 Å². The number of hydrogen-bond acceptors (Lipinski definition) is 4. The lowest BCUT2D eigenvalue weighted by Crippen LogP contribution is -2.29. The molecule has 1 heterocycles. The van der Waals surface area contributed by atoms with E-state index in [2.05, 4.69) is 5.10 Å². The van der Waals surface area contributed by atoms with Gasteiger partial charge in [0.05, 0.1) is 11.3 Å². The maximum Gasteiger partial charge on any atom is 0.283 e. The van der Waals surface area contributed by atoms with Crippen molar-refractivity contribution in [1.29, 1.82) is 0 Å². The predicted molar refractivity (Wildman–Crippen MR) is 121 cm³/mol. The van der Waals surface area contributed by atoms with Crippen LogP contribution in [0.3, 0.4) is 0 Å². The molecule has 2 amide bonds. The molecule has 0 atom stereocenters. The minimum Gasteiger partial charge on any atom is -0.488 e. The molecule has 0 spiro atoms. The Labute approximate surface area is 185 Å². The average Bonchev–Trinajstić information content (AvgIpc) is 3.07. The smallest absolute Gasteiger partial charge is 0.283 e. The van der Waals surface area contributed by atoms with Gasteiger partial charge in [0.15, 0.2) is 0 Å². The summed E-state index contributed by atoms with van der Waals surface area (Å²) in [5.41, 5.74) is 2.88. The lowest BCUT2D eigenvalue weighted by atomic mass is 10.1. The molecule has 3 aromatic rings. The Balaban J connectivity index is 1.57. The molecule has 6 heteroatoms. The van der Waals surface area contributed by atoms with E-state index in [0.29, 0.717) is 34.2 Å². The van der Waals surface area contributed by atoms with E-state index in [1.807, 2.05) is 48.5 Å². The fourth-order valence-corrected chi connectivity index (χ4v) is 3.41. The molecule has 0 bridgehead atoms. The second-order valence-corrected chi connectivity index (χ2v) is 7.42. The molecular weight excluding hydrogens is 412 g/mol. The average molecular weight is 431 g/mol. The van der Waals surface area contributed by atoms with E-state index < -0.39 is 11.8 Å². The minimum absolute atomic E-state index is 0.334. The van der Waals surface area contributed by atoms with Crippen LogP contribution in [0.25, 0.3) is 6.08 Å². The Morgan fingerprint density at radius 1 is 1.03 bits per heavy atom. The first-order chi connectivity index (χ1) is 15.0. The SMILES string of the molecule is CC1=NN(C(=O)c2ccccc2)C(=O)/C1=C/c1ccccc1OCc1cccc(Cl)c1. The fraction of sp³-hybridized carbons (Fsp3) is 0.0800. The van der Waals surface area contributed by atoms with E-state index in [9.17, 15) is 9.59 Å². The molecule has 0 saturated heterocycles. The molecule has 0 saturated carbocycles. The fourth-order valence-electron chi connectivity index (χ4n) is 3.20. The van der Waals surface area contributed by atoms with Gasteiger partial charge < -0.3 is 4.74 Å². The number of para-hydroxylation sites is 1. The third-order valence-corrected chi connectivity index (χ3v) is 5.01. The Morgan fingerprint density at radius 3 is 2.55 bits per heavy atom. The highest BCUT2D eigenvalue weighted by atomic mass is 35.5. The van der Waals surface area contributed by atoms with E-state index in [-0.39, 0.29) is 0 Å². The molecule has 4 rings (SSSR count). The maximum absolute atomic E-state index is 12.9. The highest BCUT2D eigenvalue weighted by molar-refractivity contribution is 6.31. The molecule has 1 aliphatic rings. The van der Waals surface area contributed by atoms with Gasteiger partial charge in [-0.3, -0.25) is 9.59 Å². The third kappa shape index (κ3) is 4.57. The van der Waals surface area contributed by atoms with Crippen molar-refractivity contribution in [3.05, 3.63) is 106 Å². The first-order valence-electron chi connectivity index (χ1n) is 9.70. The quantitative estimate of drug-likeness (QED) is 0.404. The molecule has 1 aliphatic heterocycles. The van der Waals surface area contributed by atoms with Gasteiger partial charge in [-0.15, -0.1) is 0 Å². The van der Waals surface area contributed by atoms with Crippen molar-refractivity contribution in [3.63, 3.8) is 0 Å². The van der Waals surface area contributed by atoms with Crippen molar-refractivity contribution >= 4 is 35.2 Å². The number of nitrogens with zero attached hydrogens (tertiary/aromatic N) is 2. The van der Waals surface area contributed by atoms with Crippen LogP contribution in [-0.4, -0.2) is 22.5 Å². The molecule has 0 radical (unpaired) electrons. The zero-order chi connectivity index (χ0) is 21.8. The monoisotopic (exact) mass is 430 g/mol. The molecule has 0 N–H and O–H groups in total. The summed E-state index contributed by atoms with van der Waals surface area (Å²) in [6.07, 6.45) is 1.70. The van der Waals surface area contributed by atoms with Gasteiger partial charge in [-0.2, -0.15) is 10.1 Å². The van der Waals surface area contributed by atoms with Crippen LogP contribution in [0.4, 0.5) is 0 Å². The van der Waals surface area contributed by atoms with Crippen LogP contribution in [0.2, 0.25) is 5.02 Å². The number of hydrazone groups is 1. The van der Waals surface area contributed by atoms with Crippen LogP contribution in [0.5, 0.6) is 5.75 Å². The Bertz CT molecular complexity index is 1200. The Hall–Kier alpha value is -3.70. The lowest BCUT2D eigenvalue weighted by molar-refractivity contribution is -0.123. The molecule has 31 heavy (non-hydrogen) atoms. The topological polar surface area (TPSA) is 59.0 Å². The zero-order valence-corrected chi connectivity index (χ0v) is 17.5. The minimum atomic E-state index is -0.462. The molecule has 0 aliphatic carbocycles. The van der Waals surface area contributed by atoms with Gasteiger partial charge in [0, 0.05) is 16.1 Å². The zero-order valence-electron chi connectivity index (χ0n) is 16.8. The van der Waals surface area contributed by atoms with Crippen molar-refractivity contribution < 1.29 is 14.3 Å². The maximum atomic E-state index is 12.9. The van der Waals surface area contributed by atoms with Gasteiger partial charge in [0.2, 0.25) is 0 Å². The summed E-state index contributed by atoms with van der Waals surface area (Å²) in [6, 6.07) is 23.4. The van der Waals surface area contributed by atoms with Crippen molar-refractivity contribution in [2.75, 3.05) is 0 Å². The van der Waals surface area contributed by atoms with E-state index in [0.717, 1.165) is 16.1 Å². The number of amides is 2. The lowest BCUT2D eigenvalue weighted by Gasteiger charge is -2.11. The van der Waals surface area contributed by atoms with Crippen LogP contribution < -0.4 is 4.74 Å². The van der Waals surface area contributed by atoms with Gasteiger partial charge in [-0.25, -0.2) is 0 Å². The highest BCUT2D eigenvalue weighted by Crippen LogP contribution is 2.26. The number of rotatable bonds is 5. The van der Waals surface area contributed by atoms with E-state index in [1.165, 1.54) is 0 Å². The van der Waals surface area contributed by atoms with Gasteiger partial charge in [-0.05, 0) is 48.9 Å². The largest absolute Gasteiger partial charge is 0.488 e. The molecule has 3 aromatic carbocycles. The molecule has 0 fully saturated rings. The second-order valence-electron chi connectivity index (χ2n) is 6.99. The van der Waals surface area contributed by atoms with Gasteiger partial charge in [0.1, 0.15) is 12.4 Å². The number of hydrogen-bond donors (Lipinski definition) is 0. The van der Waals surface area contributed by atoms with Crippen LogP contribution in [0.1, 0.15) is 28.4 Å². The van der Waals surface area contributed by atoms with Gasteiger partial charge in [-0.1, -0.05) is 60.1 Å². The summed E-state index contributed by atoms with van der Waals surface area (Å²) in [4.78, 5) is 25.6. The van der Waals surface area contributed by atoms with Crippen molar-refractivity contribution in [1.82, 2.24) is 5.01 Å². The number of carbonyl (C=O) groups excluding carboxylic acids is 2. The molecule has 5 nitrogen and oxygen atoms in total.